The molecule has 0 aromatic rings. The predicted octanol–water partition coefficient (Wildman–Crippen LogP) is 2.05. The van der Waals surface area contributed by atoms with E-state index in [9.17, 15) is 14.7 Å². The van der Waals surface area contributed by atoms with Gasteiger partial charge in [-0.1, -0.05) is 19.1 Å². The molecule has 0 aromatic carbocycles. The smallest absolute Gasteiger partial charge is 0.307 e. The maximum atomic E-state index is 12.5. The summed E-state index contributed by atoms with van der Waals surface area (Å²) in [5.41, 5.74) is 0. The zero-order chi connectivity index (χ0) is 13.1. The van der Waals surface area contributed by atoms with E-state index < -0.39 is 11.9 Å². The van der Waals surface area contributed by atoms with Crippen molar-refractivity contribution < 1.29 is 14.7 Å². The zero-order valence-corrected chi connectivity index (χ0v) is 10.8. The maximum absolute atomic E-state index is 12.5. The van der Waals surface area contributed by atoms with Crippen molar-refractivity contribution in [3.8, 4) is 0 Å². The van der Waals surface area contributed by atoms with Crippen LogP contribution in [0.3, 0.4) is 0 Å². The lowest BCUT2D eigenvalue weighted by molar-refractivity contribution is -0.151. The highest BCUT2D eigenvalue weighted by Gasteiger charge is 2.39. The van der Waals surface area contributed by atoms with Gasteiger partial charge in [0.1, 0.15) is 0 Å². The van der Waals surface area contributed by atoms with Crippen molar-refractivity contribution in [3.05, 3.63) is 12.2 Å². The van der Waals surface area contributed by atoms with E-state index in [4.69, 9.17) is 0 Å². The first-order valence-corrected chi connectivity index (χ1v) is 6.83. The minimum Gasteiger partial charge on any atom is -0.481 e. The molecule has 0 radical (unpaired) electrons. The Morgan fingerprint density at radius 2 is 1.94 bits per heavy atom. The zero-order valence-electron chi connectivity index (χ0n) is 10.8. The van der Waals surface area contributed by atoms with Gasteiger partial charge in [-0.2, -0.15) is 0 Å². The fourth-order valence-corrected chi connectivity index (χ4v) is 3.12. The van der Waals surface area contributed by atoms with Crippen LogP contribution in [0.5, 0.6) is 0 Å². The van der Waals surface area contributed by atoms with E-state index >= 15 is 0 Å². The van der Waals surface area contributed by atoms with Crippen LogP contribution in [-0.4, -0.2) is 34.5 Å². The van der Waals surface area contributed by atoms with Crippen LogP contribution in [0.4, 0.5) is 0 Å². The highest BCUT2D eigenvalue weighted by molar-refractivity contribution is 5.85. The number of nitrogens with zero attached hydrogens (tertiary/aromatic N) is 1. The number of allylic oxidation sites excluding steroid dienone is 2. The molecule has 4 heteroatoms. The van der Waals surface area contributed by atoms with Gasteiger partial charge in [0.2, 0.25) is 5.91 Å². The van der Waals surface area contributed by atoms with Crippen molar-refractivity contribution in [2.24, 2.45) is 11.8 Å². The van der Waals surface area contributed by atoms with Crippen LogP contribution < -0.4 is 0 Å². The lowest BCUT2D eigenvalue weighted by atomic mass is 9.82. The summed E-state index contributed by atoms with van der Waals surface area (Å²) in [7, 11) is 0. The molecule has 1 saturated heterocycles. The molecule has 2 rings (SSSR count). The van der Waals surface area contributed by atoms with Crippen LogP contribution in [0.25, 0.3) is 0 Å². The van der Waals surface area contributed by atoms with Crippen molar-refractivity contribution in [2.45, 2.75) is 45.1 Å². The second-order valence-electron chi connectivity index (χ2n) is 5.23. The molecule has 4 nitrogen and oxygen atoms in total. The van der Waals surface area contributed by atoms with Crippen molar-refractivity contribution in [2.75, 3.05) is 6.54 Å². The molecule has 3 unspecified atom stereocenters. The summed E-state index contributed by atoms with van der Waals surface area (Å²) >= 11 is 0. The average Bonchev–Trinajstić information content (AvgIpc) is 2.86. The number of carboxylic acids is 1. The number of likely N-dealkylation sites (tertiary alicyclic amines) is 1. The molecule has 1 N–H and O–H groups in total. The molecule has 0 spiro atoms. The number of rotatable bonds is 3. The quantitative estimate of drug-likeness (QED) is 0.781. The number of amides is 1. The van der Waals surface area contributed by atoms with Gasteiger partial charge in [0.15, 0.2) is 0 Å². The summed E-state index contributed by atoms with van der Waals surface area (Å²) in [6.07, 6.45) is 7.95. The molecule has 1 heterocycles. The van der Waals surface area contributed by atoms with Gasteiger partial charge in [-0.05, 0) is 32.1 Å². The van der Waals surface area contributed by atoms with Gasteiger partial charge < -0.3 is 10.0 Å². The first-order valence-electron chi connectivity index (χ1n) is 6.83. The molecule has 100 valence electrons. The average molecular weight is 251 g/mol. The van der Waals surface area contributed by atoms with Crippen molar-refractivity contribution in [3.63, 3.8) is 0 Å². The SMILES string of the molecule is CCC1CCCN1C(=O)C1CC=CCC1C(=O)O. The van der Waals surface area contributed by atoms with Crippen LogP contribution in [0.2, 0.25) is 0 Å². The number of hydrogen-bond acceptors (Lipinski definition) is 2. The fraction of sp³-hybridized carbons (Fsp3) is 0.714. The number of carbonyl (C=O) groups is 2. The van der Waals surface area contributed by atoms with Crippen molar-refractivity contribution in [1.29, 1.82) is 0 Å². The lowest BCUT2D eigenvalue weighted by Crippen LogP contribution is -2.43. The van der Waals surface area contributed by atoms with E-state index in [1.165, 1.54) is 0 Å². The molecule has 1 aliphatic heterocycles. The van der Waals surface area contributed by atoms with Gasteiger partial charge in [0.25, 0.3) is 0 Å². The summed E-state index contributed by atoms with van der Waals surface area (Å²) in [6.45, 7) is 2.88. The molecule has 1 fully saturated rings. The van der Waals surface area contributed by atoms with E-state index in [1.807, 2.05) is 17.1 Å². The Labute approximate surface area is 108 Å². The molecule has 0 saturated carbocycles. The molecular formula is C14H21NO3. The van der Waals surface area contributed by atoms with Crippen LogP contribution >= 0.6 is 0 Å². The fourth-order valence-electron chi connectivity index (χ4n) is 3.12. The highest BCUT2D eigenvalue weighted by Crippen LogP contribution is 2.31. The molecule has 1 aliphatic carbocycles. The van der Waals surface area contributed by atoms with Gasteiger partial charge in [-0.15, -0.1) is 0 Å². The van der Waals surface area contributed by atoms with Crippen molar-refractivity contribution in [1.82, 2.24) is 4.90 Å². The number of carbonyl (C=O) groups excluding carboxylic acids is 1. The van der Waals surface area contributed by atoms with Gasteiger partial charge in [0.05, 0.1) is 11.8 Å². The Bertz CT molecular complexity index is 364. The Morgan fingerprint density at radius 3 is 2.56 bits per heavy atom. The first-order chi connectivity index (χ1) is 8.65. The van der Waals surface area contributed by atoms with Crippen LogP contribution in [0.1, 0.15) is 39.0 Å². The third-order valence-electron chi connectivity index (χ3n) is 4.20. The predicted molar refractivity (Wildman–Crippen MR) is 68.0 cm³/mol. The minimum absolute atomic E-state index is 0.0519. The standard InChI is InChI=1S/C14H21NO3/c1-2-10-6-5-9-15(10)13(16)11-7-3-4-8-12(11)14(17)18/h3-4,10-12H,2,5-9H2,1H3,(H,17,18). The molecule has 0 aromatic heterocycles. The van der Waals surface area contributed by atoms with Gasteiger partial charge in [-0.3, -0.25) is 9.59 Å². The Balaban J connectivity index is 2.11. The Kier molecular flexibility index (Phi) is 4.04. The summed E-state index contributed by atoms with van der Waals surface area (Å²) < 4.78 is 0. The molecule has 2 aliphatic rings. The lowest BCUT2D eigenvalue weighted by Gasteiger charge is -2.31. The topological polar surface area (TPSA) is 57.6 Å². The monoisotopic (exact) mass is 251 g/mol. The maximum Gasteiger partial charge on any atom is 0.307 e. The van der Waals surface area contributed by atoms with E-state index in [0.29, 0.717) is 18.9 Å². The highest BCUT2D eigenvalue weighted by atomic mass is 16.4. The molecular weight excluding hydrogens is 230 g/mol. The van der Waals surface area contributed by atoms with Crippen LogP contribution in [0, 0.1) is 11.8 Å². The van der Waals surface area contributed by atoms with Crippen LogP contribution in [-0.2, 0) is 9.59 Å². The second kappa shape index (κ2) is 5.55. The van der Waals surface area contributed by atoms with Gasteiger partial charge >= 0.3 is 5.97 Å². The molecule has 18 heavy (non-hydrogen) atoms. The van der Waals surface area contributed by atoms with Gasteiger partial charge in [-0.25, -0.2) is 0 Å². The third kappa shape index (κ3) is 2.42. The van der Waals surface area contributed by atoms with Crippen molar-refractivity contribution >= 4 is 11.9 Å². The minimum atomic E-state index is -0.843. The van der Waals surface area contributed by atoms with E-state index in [2.05, 4.69) is 6.92 Å². The molecule has 1 amide bonds. The third-order valence-corrected chi connectivity index (χ3v) is 4.20. The Morgan fingerprint density at radius 1 is 1.28 bits per heavy atom. The molecule has 3 atom stereocenters. The first kappa shape index (κ1) is 13.1. The van der Waals surface area contributed by atoms with E-state index in [-0.39, 0.29) is 11.8 Å². The van der Waals surface area contributed by atoms with E-state index in [0.717, 1.165) is 25.8 Å². The summed E-state index contributed by atoms with van der Waals surface area (Å²) in [5.74, 6) is -1.69. The Hall–Kier alpha value is -1.32. The van der Waals surface area contributed by atoms with Gasteiger partial charge in [0, 0.05) is 12.6 Å². The summed E-state index contributed by atoms with van der Waals surface area (Å²) in [4.78, 5) is 25.7. The molecule has 0 bridgehead atoms. The number of hydrogen-bond donors (Lipinski definition) is 1. The normalized spacial score (nSPS) is 31.6. The largest absolute Gasteiger partial charge is 0.481 e. The summed E-state index contributed by atoms with van der Waals surface area (Å²) in [5, 5.41) is 9.22. The van der Waals surface area contributed by atoms with Crippen LogP contribution in [0.15, 0.2) is 12.2 Å². The summed E-state index contributed by atoms with van der Waals surface area (Å²) in [6, 6.07) is 0.317. The number of carboxylic acid groups (broad SMARTS) is 1. The second-order valence-corrected chi connectivity index (χ2v) is 5.23. The van der Waals surface area contributed by atoms with E-state index in [1.54, 1.807) is 0 Å². The number of aliphatic carboxylic acids is 1.